The Hall–Kier alpha value is -1.37. The maximum Gasteiger partial charge on any atom is 0.244 e. The van der Waals surface area contributed by atoms with Crippen molar-refractivity contribution in [2.75, 3.05) is 6.54 Å². The quantitative estimate of drug-likeness (QED) is 0.804. The van der Waals surface area contributed by atoms with Crippen molar-refractivity contribution in [3.8, 4) is 0 Å². The first-order chi connectivity index (χ1) is 9.61. The van der Waals surface area contributed by atoms with Gasteiger partial charge in [-0.1, -0.05) is 18.5 Å². The van der Waals surface area contributed by atoms with Gasteiger partial charge in [0.1, 0.15) is 0 Å². The van der Waals surface area contributed by atoms with Crippen LogP contribution in [0.5, 0.6) is 0 Å². The van der Waals surface area contributed by atoms with Crippen LogP contribution in [0.2, 0.25) is 5.15 Å². The fourth-order valence-corrected chi connectivity index (χ4v) is 2.71. The van der Waals surface area contributed by atoms with Crippen molar-refractivity contribution >= 4 is 39.9 Å². The molecule has 0 saturated carbocycles. The van der Waals surface area contributed by atoms with Crippen LogP contribution in [0.1, 0.15) is 25.5 Å². The Kier molecular flexibility index (Phi) is 5.17. The highest BCUT2D eigenvalue weighted by molar-refractivity contribution is 7.15. The van der Waals surface area contributed by atoms with E-state index in [2.05, 4.69) is 10.3 Å². The first kappa shape index (κ1) is 15.0. The van der Waals surface area contributed by atoms with Crippen LogP contribution in [0.15, 0.2) is 17.7 Å². The van der Waals surface area contributed by atoms with Crippen molar-refractivity contribution in [1.82, 2.24) is 14.7 Å². The topological polar surface area (TPSA) is 66.6 Å². The molecule has 1 amide bonds. The zero-order valence-corrected chi connectivity index (χ0v) is 12.6. The summed E-state index contributed by atoms with van der Waals surface area (Å²) in [6.07, 6.45) is 5.79. The van der Waals surface area contributed by atoms with Crippen molar-refractivity contribution in [1.29, 1.82) is 0 Å². The van der Waals surface area contributed by atoms with E-state index in [1.54, 1.807) is 6.08 Å². The number of imidazole rings is 1. The van der Waals surface area contributed by atoms with Crippen LogP contribution < -0.4 is 5.32 Å². The van der Waals surface area contributed by atoms with Gasteiger partial charge in [0.15, 0.2) is 10.1 Å². The summed E-state index contributed by atoms with van der Waals surface area (Å²) in [5.74, 6) is -0.213. The summed E-state index contributed by atoms with van der Waals surface area (Å²) < 4.78 is 1.83. The lowest BCUT2D eigenvalue weighted by Gasteiger charge is -2.07. The number of amides is 1. The first-order valence-corrected chi connectivity index (χ1v) is 7.62. The Morgan fingerprint density at radius 1 is 1.70 bits per heavy atom. The molecule has 108 valence electrons. The van der Waals surface area contributed by atoms with E-state index in [0.29, 0.717) is 30.2 Å². The zero-order chi connectivity index (χ0) is 14.5. The van der Waals surface area contributed by atoms with E-state index in [-0.39, 0.29) is 12.0 Å². The molecule has 0 spiro atoms. The van der Waals surface area contributed by atoms with Crippen molar-refractivity contribution in [2.24, 2.45) is 0 Å². The van der Waals surface area contributed by atoms with Crippen molar-refractivity contribution in [2.45, 2.75) is 25.9 Å². The molecular formula is C13H16ClN3O2S. The molecule has 0 aliphatic rings. The van der Waals surface area contributed by atoms with Crippen LogP contribution in [-0.4, -0.2) is 33.0 Å². The fraction of sp³-hybridized carbons (Fsp3) is 0.385. The third-order valence-electron chi connectivity index (χ3n) is 2.89. The molecule has 7 heteroatoms. The molecule has 2 aromatic rings. The summed E-state index contributed by atoms with van der Waals surface area (Å²) in [7, 11) is 0. The van der Waals surface area contributed by atoms with E-state index < -0.39 is 0 Å². The van der Waals surface area contributed by atoms with Crippen LogP contribution in [0.4, 0.5) is 0 Å². The minimum absolute atomic E-state index is 0.213. The molecule has 0 saturated heterocycles. The predicted molar refractivity (Wildman–Crippen MR) is 81.0 cm³/mol. The van der Waals surface area contributed by atoms with Crippen LogP contribution >= 0.6 is 22.9 Å². The number of nitrogens with zero attached hydrogens (tertiary/aromatic N) is 2. The summed E-state index contributed by atoms with van der Waals surface area (Å²) in [6.45, 7) is 2.35. The van der Waals surface area contributed by atoms with E-state index in [4.69, 9.17) is 11.6 Å². The molecule has 5 nitrogen and oxygen atoms in total. The van der Waals surface area contributed by atoms with Gasteiger partial charge >= 0.3 is 0 Å². The van der Waals surface area contributed by atoms with Gasteiger partial charge in [0.25, 0.3) is 0 Å². The summed E-state index contributed by atoms with van der Waals surface area (Å²) >= 11 is 7.50. The van der Waals surface area contributed by atoms with Crippen molar-refractivity contribution in [3.63, 3.8) is 0 Å². The van der Waals surface area contributed by atoms with Gasteiger partial charge in [-0.05, 0) is 18.9 Å². The van der Waals surface area contributed by atoms with Gasteiger partial charge < -0.3 is 10.4 Å². The molecule has 2 N–H and O–H groups in total. The van der Waals surface area contributed by atoms with Crippen LogP contribution in [0, 0.1) is 0 Å². The second-order valence-corrected chi connectivity index (χ2v) is 5.55. The van der Waals surface area contributed by atoms with E-state index in [1.165, 1.54) is 17.4 Å². The molecule has 0 fully saturated rings. The summed E-state index contributed by atoms with van der Waals surface area (Å²) in [4.78, 5) is 16.6. The number of rotatable bonds is 6. The van der Waals surface area contributed by atoms with Gasteiger partial charge in [-0.3, -0.25) is 9.20 Å². The second kappa shape index (κ2) is 6.88. The zero-order valence-electron chi connectivity index (χ0n) is 11.0. The lowest BCUT2D eigenvalue weighted by Crippen LogP contribution is -2.25. The highest BCUT2D eigenvalue weighted by Crippen LogP contribution is 2.22. The standard InChI is InChI=1S/C13H16ClN3O2S/c1-2-9(18)5-6-15-11(19)4-3-10-12(14)16-13-17(10)7-8-20-13/h3-4,7-9,18H,2,5-6H2,1H3,(H,15,19)/b4-3+. The molecule has 0 aromatic carbocycles. The molecule has 0 aliphatic heterocycles. The second-order valence-electron chi connectivity index (χ2n) is 4.32. The fourth-order valence-electron chi connectivity index (χ4n) is 1.71. The summed E-state index contributed by atoms with van der Waals surface area (Å²) in [5.41, 5.74) is 0.687. The average molecular weight is 314 g/mol. The predicted octanol–water partition coefficient (Wildman–Crippen LogP) is 2.34. The number of aliphatic hydroxyl groups is 1. The van der Waals surface area contributed by atoms with Gasteiger partial charge in [0.05, 0.1) is 11.8 Å². The van der Waals surface area contributed by atoms with Gasteiger partial charge in [-0.25, -0.2) is 4.98 Å². The van der Waals surface area contributed by atoms with Gasteiger partial charge in [-0.2, -0.15) is 0 Å². The van der Waals surface area contributed by atoms with Crippen molar-refractivity contribution in [3.05, 3.63) is 28.5 Å². The van der Waals surface area contributed by atoms with E-state index in [1.807, 2.05) is 22.9 Å². The molecule has 0 radical (unpaired) electrons. The molecule has 1 atom stereocenters. The Morgan fingerprint density at radius 3 is 3.25 bits per heavy atom. The number of hydrogen-bond acceptors (Lipinski definition) is 4. The molecular weight excluding hydrogens is 298 g/mol. The van der Waals surface area contributed by atoms with E-state index >= 15 is 0 Å². The molecule has 0 aliphatic carbocycles. The number of hydrogen-bond donors (Lipinski definition) is 2. The Bertz CT molecular complexity index is 620. The monoisotopic (exact) mass is 313 g/mol. The first-order valence-electron chi connectivity index (χ1n) is 6.36. The van der Waals surface area contributed by atoms with Crippen LogP contribution in [-0.2, 0) is 4.79 Å². The summed E-state index contributed by atoms with van der Waals surface area (Å²) in [5, 5.41) is 14.4. The Labute approximate surface area is 125 Å². The van der Waals surface area contributed by atoms with Crippen LogP contribution in [0.3, 0.4) is 0 Å². The number of aliphatic hydroxyl groups excluding tert-OH is 1. The number of thiazole rings is 1. The number of carbonyl (C=O) groups excluding carboxylic acids is 1. The minimum Gasteiger partial charge on any atom is -0.393 e. The highest BCUT2D eigenvalue weighted by atomic mass is 35.5. The van der Waals surface area contributed by atoms with Crippen LogP contribution in [0.25, 0.3) is 11.0 Å². The molecule has 2 heterocycles. The van der Waals surface area contributed by atoms with E-state index in [0.717, 1.165) is 4.96 Å². The Balaban J connectivity index is 1.93. The van der Waals surface area contributed by atoms with E-state index in [9.17, 15) is 9.90 Å². The number of aromatic nitrogens is 2. The maximum atomic E-state index is 11.6. The lowest BCUT2D eigenvalue weighted by atomic mass is 10.2. The number of fused-ring (bicyclic) bond motifs is 1. The summed E-state index contributed by atoms with van der Waals surface area (Å²) in [6, 6.07) is 0. The largest absolute Gasteiger partial charge is 0.393 e. The smallest absolute Gasteiger partial charge is 0.244 e. The Morgan fingerprint density at radius 2 is 2.50 bits per heavy atom. The molecule has 1 unspecified atom stereocenters. The SMILES string of the molecule is CCC(O)CCNC(=O)/C=C/c1c(Cl)nc2sccn12. The third kappa shape index (κ3) is 3.59. The molecule has 0 bridgehead atoms. The maximum absolute atomic E-state index is 11.6. The molecule has 2 rings (SSSR count). The number of carbonyl (C=O) groups is 1. The van der Waals surface area contributed by atoms with Gasteiger partial charge in [0, 0.05) is 24.2 Å². The van der Waals surface area contributed by atoms with Crippen molar-refractivity contribution < 1.29 is 9.90 Å². The number of halogens is 1. The average Bonchev–Trinajstić information content (AvgIpc) is 2.97. The molecule has 20 heavy (non-hydrogen) atoms. The van der Waals surface area contributed by atoms with Gasteiger partial charge in [-0.15, -0.1) is 11.3 Å². The highest BCUT2D eigenvalue weighted by Gasteiger charge is 2.08. The lowest BCUT2D eigenvalue weighted by molar-refractivity contribution is -0.116. The van der Waals surface area contributed by atoms with Gasteiger partial charge in [0.2, 0.25) is 5.91 Å². The normalized spacial score (nSPS) is 13.2. The number of nitrogens with one attached hydrogen (secondary N) is 1. The third-order valence-corrected chi connectivity index (χ3v) is 3.93. The molecule has 2 aromatic heterocycles. The minimum atomic E-state index is -0.367.